The standard InChI is InChI=1S/C19H17N3O4S/c20-16(23)13-8-10-27-19(13)22-17(24)14(11-12-5-2-1-3-6-12)21-18(25)15-7-4-9-26-15/h1-10,14H,11H2,(H2,20,23)(H,21,25)(H,22,24)/t14-/m0/s1. The molecule has 0 fully saturated rings. The van der Waals surface area contributed by atoms with Gasteiger partial charge in [0.15, 0.2) is 5.76 Å². The fourth-order valence-corrected chi connectivity index (χ4v) is 3.29. The molecule has 2 aromatic heterocycles. The largest absolute Gasteiger partial charge is 0.459 e. The van der Waals surface area contributed by atoms with Crippen molar-refractivity contribution in [3.05, 3.63) is 77.1 Å². The van der Waals surface area contributed by atoms with Gasteiger partial charge < -0.3 is 20.8 Å². The van der Waals surface area contributed by atoms with Crippen LogP contribution in [0.4, 0.5) is 5.00 Å². The monoisotopic (exact) mass is 383 g/mol. The average Bonchev–Trinajstić information content (AvgIpc) is 3.34. The van der Waals surface area contributed by atoms with Crippen LogP contribution in [0.5, 0.6) is 0 Å². The third-order valence-corrected chi connectivity index (χ3v) is 4.65. The fraction of sp³-hybridized carbons (Fsp3) is 0.105. The predicted octanol–water partition coefficient (Wildman–Crippen LogP) is 2.42. The van der Waals surface area contributed by atoms with E-state index in [1.165, 1.54) is 29.7 Å². The molecule has 138 valence electrons. The van der Waals surface area contributed by atoms with Crippen molar-refractivity contribution >= 4 is 34.1 Å². The van der Waals surface area contributed by atoms with E-state index in [4.69, 9.17) is 10.2 Å². The average molecular weight is 383 g/mol. The highest BCUT2D eigenvalue weighted by Crippen LogP contribution is 2.23. The summed E-state index contributed by atoms with van der Waals surface area (Å²) in [7, 11) is 0. The van der Waals surface area contributed by atoms with E-state index in [0.717, 1.165) is 5.56 Å². The summed E-state index contributed by atoms with van der Waals surface area (Å²) in [4.78, 5) is 36.6. The molecule has 3 rings (SSSR count). The zero-order valence-electron chi connectivity index (χ0n) is 14.2. The molecular weight excluding hydrogens is 366 g/mol. The summed E-state index contributed by atoms with van der Waals surface area (Å²) in [6.07, 6.45) is 1.66. The highest BCUT2D eigenvalue weighted by molar-refractivity contribution is 7.14. The van der Waals surface area contributed by atoms with E-state index >= 15 is 0 Å². The summed E-state index contributed by atoms with van der Waals surface area (Å²) in [6, 6.07) is 13.1. The second-order valence-corrected chi connectivity index (χ2v) is 6.63. The van der Waals surface area contributed by atoms with Crippen LogP contribution < -0.4 is 16.4 Å². The molecule has 1 aromatic carbocycles. The van der Waals surface area contributed by atoms with Crippen LogP contribution in [0.25, 0.3) is 0 Å². The van der Waals surface area contributed by atoms with Crippen LogP contribution in [0.3, 0.4) is 0 Å². The lowest BCUT2D eigenvalue weighted by atomic mass is 10.0. The number of furan rings is 1. The quantitative estimate of drug-likeness (QED) is 0.581. The fourth-order valence-electron chi connectivity index (χ4n) is 2.50. The number of nitrogens with one attached hydrogen (secondary N) is 2. The normalized spacial score (nSPS) is 11.6. The number of nitrogens with two attached hydrogens (primary N) is 1. The zero-order chi connectivity index (χ0) is 19.2. The molecule has 0 saturated carbocycles. The smallest absolute Gasteiger partial charge is 0.287 e. The van der Waals surface area contributed by atoms with Gasteiger partial charge in [-0.1, -0.05) is 30.3 Å². The van der Waals surface area contributed by atoms with Crippen LogP contribution in [-0.2, 0) is 11.2 Å². The summed E-state index contributed by atoms with van der Waals surface area (Å²) >= 11 is 1.18. The Balaban J connectivity index is 1.79. The first-order valence-electron chi connectivity index (χ1n) is 8.11. The SMILES string of the molecule is NC(=O)c1ccsc1NC(=O)[C@H](Cc1ccccc1)NC(=O)c1ccco1. The first kappa shape index (κ1) is 18.4. The maximum atomic E-state index is 12.8. The summed E-state index contributed by atoms with van der Waals surface area (Å²) in [5, 5.41) is 7.35. The summed E-state index contributed by atoms with van der Waals surface area (Å²) in [5.41, 5.74) is 6.41. The lowest BCUT2D eigenvalue weighted by molar-refractivity contribution is -0.117. The molecule has 0 aliphatic carbocycles. The maximum Gasteiger partial charge on any atom is 0.287 e. The van der Waals surface area contributed by atoms with Crippen LogP contribution in [0.15, 0.2) is 64.6 Å². The van der Waals surface area contributed by atoms with Crippen LogP contribution in [0.1, 0.15) is 26.5 Å². The topological polar surface area (TPSA) is 114 Å². The van der Waals surface area contributed by atoms with Gasteiger partial charge in [-0.05, 0) is 29.1 Å². The second-order valence-electron chi connectivity index (χ2n) is 5.71. The summed E-state index contributed by atoms with van der Waals surface area (Å²) in [5.74, 6) is -1.48. The van der Waals surface area contributed by atoms with Gasteiger partial charge in [0.25, 0.3) is 11.8 Å². The summed E-state index contributed by atoms with van der Waals surface area (Å²) in [6.45, 7) is 0. The van der Waals surface area contributed by atoms with E-state index in [0.29, 0.717) is 5.00 Å². The maximum absolute atomic E-state index is 12.8. The third-order valence-electron chi connectivity index (χ3n) is 3.82. The number of carbonyl (C=O) groups is 3. The van der Waals surface area contributed by atoms with Crippen LogP contribution in [-0.4, -0.2) is 23.8 Å². The van der Waals surface area contributed by atoms with E-state index in [1.54, 1.807) is 11.4 Å². The molecule has 8 heteroatoms. The van der Waals surface area contributed by atoms with Crippen molar-refractivity contribution in [2.45, 2.75) is 12.5 Å². The summed E-state index contributed by atoms with van der Waals surface area (Å²) < 4.78 is 5.08. The first-order valence-corrected chi connectivity index (χ1v) is 8.99. The van der Waals surface area contributed by atoms with E-state index in [-0.39, 0.29) is 17.7 Å². The minimum atomic E-state index is -0.868. The van der Waals surface area contributed by atoms with Crippen LogP contribution >= 0.6 is 11.3 Å². The zero-order valence-corrected chi connectivity index (χ0v) is 15.0. The highest BCUT2D eigenvalue weighted by atomic mass is 32.1. The van der Waals surface area contributed by atoms with Crippen molar-refractivity contribution in [2.24, 2.45) is 5.73 Å². The Morgan fingerprint density at radius 2 is 1.85 bits per heavy atom. The molecule has 0 saturated heterocycles. The highest BCUT2D eigenvalue weighted by Gasteiger charge is 2.24. The Bertz CT molecular complexity index is 935. The number of amides is 3. The number of hydrogen-bond donors (Lipinski definition) is 3. The van der Waals surface area contributed by atoms with E-state index in [2.05, 4.69) is 10.6 Å². The number of rotatable bonds is 7. The van der Waals surface area contributed by atoms with Gasteiger partial charge >= 0.3 is 0 Å². The van der Waals surface area contributed by atoms with E-state index in [1.807, 2.05) is 30.3 Å². The van der Waals surface area contributed by atoms with Gasteiger partial charge in [0.1, 0.15) is 11.0 Å². The number of anilines is 1. The molecule has 3 aromatic rings. The van der Waals surface area contributed by atoms with Gasteiger partial charge in [-0.3, -0.25) is 14.4 Å². The van der Waals surface area contributed by atoms with Gasteiger partial charge in [-0.15, -0.1) is 11.3 Å². The number of benzene rings is 1. The number of carbonyl (C=O) groups excluding carboxylic acids is 3. The minimum absolute atomic E-state index is 0.106. The molecule has 0 spiro atoms. The van der Waals surface area contributed by atoms with Crippen molar-refractivity contribution in [3.8, 4) is 0 Å². The second kappa shape index (κ2) is 8.33. The van der Waals surface area contributed by atoms with Crippen molar-refractivity contribution in [1.82, 2.24) is 5.32 Å². The Kier molecular flexibility index (Phi) is 5.68. The Hall–Kier alpha value is -3.39. The van der Waals surface area contributed by atoms with Crippen LogP contribution in [0, 0.1) is 0 Å². The third kappa shape index (κ3) is 4.62. The molecule has 27 heavy (non-hydrogen) atoms. The van der Waals surface area contributed by atoms with Crippen molar-refractivity contribution in [1.29, 1.82) is 0 Å². The molecule has 0 aliphatic heterocycles. The van der Waals surface area contributed by atoms with Gasteiger partial charge in [0, 0.05) is 6.42 Å². The Morgan fingerprint density at radius 1 is 1.07 bits per heavy atom. The molecule has 0 radical (unpaired) electrons. The Morgan fingerprint density at radius 3 is 2.52 bits per heavy atom. The van der Waals surface area contributed by atoms with E-state index < -0.39 is 23.8 Å². The lowest BCUT2D eigenvalue weighted by Gasteiger charge is -2.18. The minimum Gasteiger partial charge on any atom is -0.459 e. The van der Waals surface area contributed by atoms with Crippen molar-refractivity contribution < 1.29 is 18.8 Å². The van der Waals surface area contributed by atoms with Gasteiger partial charge in [-0.25, -0.2) is 0 Å². The first-order chi connectivity index (χ1) is 13.0. The molecule has 2 heterocycles. The van der Waals surface area contributed by atoms with Gasteiger partial charge in [-0.2, -0.15) is 0 Å². The molecule has 0 aliphatic rings. The molecular formula is C19H17N3O4S. The molecule has 4 N–H and O–H groups in total. The van der Waals surface area contributed by atoms with Gasteiger partial charge in [0.05, 0.1) is 11.8 Å². The van der Waals surface area contributed by atoms with Crippen molar-refractivity contribution in [3.63, 3.8) is 0 Å². The lowest BCUT2D eigenvalue weighted by Crippen LogP contribution is -2.45. The van der Waals surface area contributed by atoms with Crippen LogP contribution in [0.2, 0.25) is 0 Å². The number of thiophene rings is 1. The van der Waals surface area contributed by atoms with E-state index in [9.17, 15) is 14.4 Å². The Labute approximate surface area is 159 Å². The van der Waals surface area contributed by atoms with Crippen molar-refractivity contribution in [2.75, 3.05) is 5.32 Å². The molecule has 3 amide bonds. The molecule has 7 nitrogen and oxygen atoms in total. The van der Waals surface area contributed by atoms with Gasteiger partial charge in [0.2, 0.25) is 5.91 Å². The molecule has 0 unspecified atom stereocenters. The molecule has 1 atom stereocenters. The number of hydrogen-bond acceptors (Lipinski definition) is 5. The predicted molar refractivity (Wildman–Crippen MR) is 102 cm³/mol. The number of primary amides is 1. The molecule has 0 bridgehead atoms.